The Morgan fingerprint density at radius 2 is 1.55 bits per heavy atom. The van der Waals surface area contributed by atoms with Gasteiger partial charge in [-0.3, -0.25) is 9.59 Å². The summed E-state index contributed by atoms with van der Waals surface area (Å²) in [4.78, 5) is 26.3. The number of hydrogen-bond donors (Lipinski definition) is 1. The van der Waals surface area contributed by atoms with Crippen molar-refractivity contribution in [3.63, 3.8) is 0 Å². The van der Waals surface area contributed by atoms with Crippen LogP contribution in [0, 0.1) is 0 Å². The molecule has 0 atom stereocenters. The predicted octanol–water partition coefficient (Wildman–Crippen LogP) is 2.86. The summed E-state index contributed by atoms with van der Waals surface area (Å²) in [6.45, 7) is 3.45. The molecule has 0 aromatic heterocycles. The number of rotatable bonds is 8. The van der Waals surface area contributed by atoms with Gasteiger partial charge in [0.15, 0.2) is 6.61 Å². The van der Waals surface area contributed by atoms with Gasteiger partial charge in [0.25, 0.3) is 11.8 Å². The number of hydrazone groups is 1. The van der Waals surface area contributed by atoms with Gasteiger partial charge in [-0.15, -0.1) is 0 Å². The van der Waals surface area contributed by atoms with E-state index in [0.29, 0.717) is 28.5 Å². The lowest BCUT2D eigenvalue weighted by Gasteiger charge is -2.15. The number of methoxy groups -OCH3 is 2. The second-order valence-corrected chi connectivity index (χ2v) is 7.14. The number of carbonyl (C=O) groups is 2. The summed E-state index contributed by atoms with van der Waals surface area (Å²) in [5.41, 5.74) is 4.37. The standard InChI is InChI=1S/C23H27N3O5/c1-16(24-25-23(28)18-12-20(29-2)14-21(13-18)30-3)17-6-8-19(9-7-17)31-15-22(27)26-10-4-5-11-26/h6-9,12-14H,4-5,10-11,15H2,1-3H3,(H,25,28)/b24-16-. The maximum atomic E-state index is 12.4. The molecule has 2 aromatic rings. The third-order valence-electron chi connectivity index (χ3n) is 5.03. The minimum absolute atomic E-state index is 0.0104. The molecule has 8 heteroatoms. The molecule has 1 fully saturated rings. The van der Waals surface area contributed by atoms with Crippen molar-refractivity contribution in [1.29, 1.82) is 0 Å². The minimum Gasteiger partial charge on any atom is -0.497 e. The molecular weight excluding hydrogens is 398 g/mol. The number of likely N-dealkylation sites (tertiary alicyclic amines) is 1. The second-order valence-electron chi connectivity index (χ2n) is 7.14. The van der Waals surface area contributed by atoms with Gasteiger partial charge in [0.05, 0.1) is 19.9 Å². The quantitative estimate of drug-likeness (QED) is 0.519. The van der Waals surface area contributed by atoms with Gasteiger partial charge in [0, 0.05) is 24.7 Å². The normalized spacial score (nSPS) is 13.6. The van der Waals surface area contributed by atoms with Crippen LogP contribution in [0.4, 0.5) is 0 Å². The third-order valence-corrected chi connectivity index (χ3v) is 5.03. The van der Waals surface area contributed by atoms with Crippen molar-refractivity contribution in [2.24, 2.45) is 5.10 Å². The summed E-state index contributed by atoms with van der Waals surface area (Å²) in [5, 5.41) is 4.17. The number of hydrogen-bond acceptors (Lipinski definition) is 6. The Kier molecular flexibility index (Phi) is 7.48. The summed E-state index contributed by atoms with van der Waals surface area (Å²) in [7, 11) is 3.04. The molecule has 1 heterocycles. The van der Waals surface area contributed by atoms with Crippen LogP contribution in [-0.2, 0) is 4.79 Å². The Morgan fingerprint density at radius 3 is 2.13 bits per heavy atom. The minimum atomic E-state index is -0.378. The van der Waals surface area contributed by atoms with Crippen molar-refractivity contribution in [1.82, 2.24) is 10.3 Å². The number of nitrogens with zero attached hydrogens (tertiary/aromatic N) is 2. The Balaban J connectivity index is 1.57. The third kappa shape index (κ3) is 5.97. The summed E-state index contributed by atoms with van der Waals surface area (Å²) in [6.07, 6.45) is 2.11. The fourth-order valence-electron chi connectivity index (χ4n) is 3.20. The molecule has 0 bridgehead atoms. The first-order chi connectivity index (χ1) is 15.0. The molecule has 0 saturated carbocycles. The fraction of sp³-hybridized carbons (Fsp3) is 0.348. The monoisotopic (exact) mass is 425 g/mol. The highest BCUT2D eigenvalue weighted by molar-refractivity contribution is 6.01. The Morgan fingerprint density at radius 1 is 0.935 bits per heavy atom. The molecule has 2 amide bonds. The zero-order valence-corrected chi connectivity index (χ0v) is 18.0. The van der Waals surface area contributed by atoms with E-state index in [0.717, 1.165) is 31.5 Å². The molecule has 1 N–H and O–H groups in total. The molecule has 3 rings (SSSR count). The first kappa shape index (κ1) is 22.1. The number of carbonyl (C=O) groups excluding carboxylic acids is 2. The van der Waals surface area contributed by atoms with E-state index in [1.54, 1.807) is 37.3 Å². The topological polar surface area (TPSA) is 89.5 Å². The lowest BCUT2D eigenvalue weighted by molar-refractivity contribution is -0.132. The van der Waals surface area contributed by atoms with Gasteiger partial charge in [0.2, 0.25) is 0 Å². The van der Waals surface area contributed by atoms with Crippen LogP contribution in [0.25, 0.3) is 0 Å². The van der Waals surface area contributed by atoms with Crippen LogP contribution < -0.4 is 19.6 Å². The van der Waals surface area contributed by atoms with Gasteiger partial charge in [-0.1, -0.05) is 0 Å². The highest BCUT2D eigenvalue weighted by Gasteiger charge is 2.18. The average molecular weight is 425 g/mol. The summed E-state index contributed by atoms with van der Waals surface area (Å²) >= 11 is 0. The lowest BCUT2D eigenvalue weighted by Crippen LogP contribution is -2.32. The first-order valence-electron chi connectivity index (χ1n) is 10.1. The molecule has 0 spiro atoms. The number of benzene rings is 2. The maximum absolute atomic E-state index is 12.4. The number of amides is 2. The summed E-state index contributed by atoms with van der Waals surface area (Å²) in [6, 6.07) is 12.1. The number of ether oxygens (including phenoxy) is 3. The van der Waals surface area contributed by atoms with Crippen LogP contribution >= 0.6 is 0 Å². The second kappa shape index (κ2) is 10.5. The van der Waals surface area contributed by atoms with Crippen LogP contribution in [0.3, 0.4) is 0 Å². The summed E-state index contributed by atoms with van der Waals surface area (Å²) < 4.78 is 16.0. The van der Waals surface area contributed by atoms with E-state index in [9.17, 15) is 9.59 Å². The molecule has 1 aliphatic heterocycles. The molecule has 0 unspecified atom stereocenters. The molecule has 1 saturated heterocycles. The molecule has 31 heavy (non-hydrogen) atoms. The van der Waals surface area contributed by atoms with Gasteiger partial charge in [-0.25, -0.2) is 5.43 Å². The lowest BCUT2D eigenvalue weighted by atomic mass is 10.1. The van der Waals surface area contributed by atoms with E-state index < -0.39 is 0 Å². The molecule has 2 aromatic carbocycles. The van der Waals surface area contributed by atoms with E-state index in [2.05, 4.69) is 10.5 Å². The van der Waals surface area contributed by atoms with Gasteiger partial charge in [-0.2, -0.15) is 5.10 Å². The van der Waals surface area contributed by atoms with Crippen molar-refractivity contribution in [3.8, 4) is 17.2 Å². The molecule has 1 aliphatic rings. The van der Waals surface area contributed by atoms with Crippen LogP contribution in [0.5, 0.6) is 17.2 Å². The van der Waals surface area contributed by atoms with Gasteiger partial charge >= 0.3 is 0 Å². The van der Waals surface area contributed by atoms with Crippen LogP contribution in [0.15, 0.2) is 47.6 Å². The molecular formula is C23H27N3O5. The van der Waals surface area contributed by atoms with Gasteiger partial charge in [-0.05, 0) is 61.7 Å². The first-order valence-corrected chi connectivity index (χ1v) is 10.1. The number of nitrogens with one attached hydrogen (secondary N) is 1. The van der Waals surface area contributed by atoms with E-state index in [-0.39, 0.29) is 18.4 Å². The van der Waals surface area contributed by atoms with Crippen molar-refractivity contribution < 1.29 is 23.8 Å². The highest BCUT2D eigenvalue weighted by Crippen LogP contribution is 2.22. The van der Waals surface area contributed by atoms with E-state index in [1.807, 2.05) is 17.0 Å². The van der Waals surface area contributed by atoms with Gasteiger partial charge in [0.1, 0.15) is 17.2 Å². The molecule has 0 aliphatic carbocycles. The highest BCUT2D eigenvalue weighted by atomic mass is 16.5. The van der Waals surface area contributed by atoms with Crippen molar-refractivity contribution >= 4 is 17.5 Å². The van der Waals surface area contributed by atoms with Gasteiger partial charge < -0.3 is 19.1 Å². The molecule has 164 valence electrons. The van der Waals surface area contributed by atoms with E-state index in [4.69, 9.17) is 14.2 Å². The Labute approximate surface area is 181 Å². The Hall–Kier alpha value is -3.55. The SMILES string of the molecule is COc1cc(OC)cc(C(=O)N/N=C(/C)c2ccc(OCC(=O)N3CCCC3)cc2)c1. The summed E-state index contributed by atoms with van der Waals surface area (Å²) in [5.74, 6) is 1.28. The van der Waals surface area contributed by atoms with E-state index in [1.165, 1.54) is 14.2 Å². The van der Waals surface area contributed by atoms with Crippen molar-refractivity contribution in [3.05, 3.63) is 53.6 Å². The largest absolute Gasteiger partial charge is 0.497 e. The van der Waals surface area contributed by atoms with Crippen LogP contribution in [-0.4, -0.2) is 56.3 Å². The van der Waals surface area contributed by atoms with Crippen LogP contribution in [0.1, 0.15) is 35.7 Å². The van der Waals surface area contributed by atoms with Crippen molar-refractivity contribution in [2.45, 2.75) is 19.8 Å². The maximum Gasteiger partial charge on any atom is 0.271 e. The smallest absolute Gasteiger partial charge is 0.271 e. The molecule has 0 radical (unpaired) electrons. The van der Waals surface area contributed by atoms with E-state index >= 15 is 0 Å². The predicted molar refractivity (Wildman–Crippen MR) is 117 cm³/mol. The molecule has 8 nitrogen and oxygen atoms in total. The Bertz CT molecular complexity index is 928. The van der Waals surface area contributed by atoms with Crippen molar-refractivity contribution in [2.75, 3.05) is 33.9 Å². The zero-order chi connectivity index (χ0) is 22.2. The van der Waals surface area contributed by atoms with Crippen LogP contribution in [0.2, 0.25) is 0 Å². The zero-order valence-electron chi connectivity index (χ0n) is 18.0. The average Bonchev–Trinajstić information content (AvgIpc) is 3.35. The fourth-order valence-corrected chi connectivity index (χ4v) is 3.20.